The highest BCUT2D eigenvalue weighted by Crippen LogP contribution is 2.18. The number of hydrogen-bond donors (Lipinski definition) is 1. The Labute approximate surface area is 73.4 Å². The lowest BCUT2D eigenvalue weighted by molar-refractivity contribution is 0.474. The second-order valence-corrected chi connectivity index (χ2v) is 3.24. The van der Waals surface area contributed by atoms with Crippen molar-refractivity contribution in [3.63, 3.8) is 0 Å². The van der Waals surface area contributed by atoms with Crippen LogP contribution in [0.5, 0.6) is 5.75 Å². The Hall–Kier alpha value is -1.24. The highest BCUT2D eigenvalue weighted by molar-refractivity contribution is 5.35. The highest BCUT2D eigenvalue weighted by atomic mass is 16.3. The highest BCUT2D eigenvalue weighted by Gasteiger charge is 1.99. The predicted octanol–water partition coefficient (Wildman–Crippen LogP) is 2.82. The molecule has 64 valence electrons. The molecule has 0 amide bonds. The standard InChI is InChI=1S/C11H14O/c1-8(2)6-10-7-11(12)5-4-9(10)3/h4-5,7,12H,1,6H2,2-3H3. The first-order chi connectivity index (χ1) is 5.59. The molecule has 0 spiro atoms. The van der Waals surface area contributed by atoms with Gasteiger partial charge in [0.05, 0.1) is 0 Å². The Morgan fingerprint density at radius 2 is 2.17 bits per heavy atom. The molecule has 0 unspecified atom stereocenters. The van der Waals surface area contributed by atoms with Crippen LogP contribution in [0.25, 0.3) is 0 Å². The number of aromatic hydroxyl groups is 1. The van der Waals surface area contributed by atoms with Crippen molar-refractivity contribution in [1.82, 2.24) is 0 Å². The van der Waals surface area contributed by atoms with Crippen LogP contribution in [0.2, 0.25) is 0 Å². The van der Waals surface area contributed by atoms with Crippen LogP contribution in [-0.4, -0.2) is 5.11 Å². The lowest BCUT2D eigenvalue weighted by Gasteiger charge is -2.05. The fourth-order valence-electron chi connectivity index (χ4n) is 1.17. The van der Waals surface area contributed by atoms with E-state index in [9.17, 15) is 5.11 Å². The lowest BCUT2D eigenvalue weighted by atomic mass is 10.0. The number of allylic oxidation sites excluding steroid dienone is 1. The van der Waals surface area contributed by atoms with E-state index in [1.165, 1.54) is 5.56 Å². The van der Waals surface area contributed by atoms with Gasteiger partial charge in [0.2, 0.25) is 0 Å². The Balaban J connectivity index is 2.97. The Morgan fingerprint density at radius 1 is 1.50 bits per heavy atom. The number of hydrogen-bond acceptors (Lipinski definition) is 1. The van der Waals surface area contributed by atoms with E-state index in [-0.39, 0.29) is 0 Å². The van der Waals surface area contributed by atoms with Crippen LogP contribution in [0.1, 0.15) is 18.1 Å². The molecule has 0 radical (unpaired) electrons. The minimum atomic E-state index is 0.330. The summed E-state index contributed by atoms with van der Waals surface area (Å²) in [6.45, 7) is 7.87. The summed E-state index contributed by atoms with van der Waals surface area (Å²) in [5.74, 6) is 0.330. The molecule has 1 aromatic carbocycles. The van der Waals surface area contributed by atoms with Gasteiger partial charge in [-0.05, 0) is 43.5 Å². The molecular weight excluding hydrogens is 148 g/mol. The van der Waals surface area contributed by atoms with Crippen LogP contribution < -0.4 is 0 Å². The summed E-state index contributed by atoms with van der Waals surface area (Å²) in [4.78, 5) is 0. The molecule has 1 aromatic rings. The number of aryl methyl sites for hydroxylation is 1. The second-order valence-electron chi connectivity index (χ2n) is 3.24. The van der Waals surface area contributed by atoms with Gasteiger partial charge in [-0.2, -0.15) is 0 Å². The van der Waals surface area contributed by atoms with Crippen LogP contribution in [0.3, 0.4) is 0 Å². The summed E-state index contributed by atoms with van der Waals surface area (Å²) in [6, 6.07) is 5.43. The first-order valence-electron chi connectivity index (χ1n) is 4.02. The SMILES string of the molecule is C=C(C)Cc1cc(O)ccc1C. The van der Waals surface area contributed by atoms with Gasteiger partial charge >= 0.3 is 0 Å². The fourth-order valence-corrected chi connectivity index (χ4v) is 1.17. The summed E-state index contributed by atoms with van der Waals surface area (Å²) < 4.78 is 0. The molecule has 0 saturated carbocycles. The molecule has 1 nitrogen and oxygen atoms in total. The maximum absolute atomic E-state index is 9.22. The van der Waals surface area contributed by atoms with Crippen molar-refractivity contribution < 1.29 is 5.11 Å². The first kappa shape index (κ1) is 8.85. The van der Waals surface area contributed by atoms with Gasteiger partial charge in [0.15, 0.2) is 0 Å². The summed E-state index contributed by atoms with van der Waals surface area (Å²) in [5, 5.41) is 9.22. The molecule has 0 aromatic heterocycles. The van der Waals surface area contributed by atoms with Gasteiger partial charge in [-0.25, -0.2) is 0 Å². The molecule has 0 bridgehead atoms. The molecule has 0 aliphatic heterocycles. The smallest absolute Gasteiger partial charge is 0.115 e. The monoisotopic (exact) mass is 162 g/mol. The third kappa shape index (κ3) is 2.12. The van der Waals surface area contributed by atoms with Crippen LogP contribution in [0.15, 0.2) is 30.4 Å². The Kier molecular flexibility index (Phi) is 2.54. The fraction of sp³-hybridized carbons (Fsp3) is 0.273. The second kappa shape index (κ2) is 3.44. The van der Waals surface area contributed by atoms with E-state index in [0.717, 1.165) is 17.6 Å². The van der Waals surface area contributed by atoms with Crippen molar-refractivity contribution in [2.45, 2.75) is 20.3 Å². The molecule has 0 fully saturated rings. The molecule has 1 rings (SSSR count). The third-order valence-corrected chi connectivity index (χ3v) is 1.82. The van der Waals surface area contributed by atoms with Gasteiger partial charge in [0, 0.05) is 0 Å². The van der Waals surface area contributed by atoms with Gasteiger partial charge in [0.1, 0.15) is 5.75 Å². The number of benzene rings is 1. The molecule has 0 aliphatic rings. The van der Waals surface area contributed by atoms with E-state index in [2.05, 4.69) is 6.58 Å². The van der Waals surface area contributed by atoms with Gasteiger partial charge in [-0.1, -0.05) is 18.2 Å². The quantitative estimate of drug-likeness (QED) is 0.663. The average Bonchev–Trinajstić information content (AvgIpc) is 1.96. The maximum Gasteiger partial charge on any atom is 0.115 e. The molecule has 0 atom stereocenters. The van der Waals surface area contributed by atoms with Crippen LogP contribution in [0, 0.1) is 6.92 Å². The molecule has 0 aliphatic carbocycles. The van der Waals surface area contributed by atoms with Crippen molar-refractivity contribution in [1.29, 1.82) is 0 Å². The molecule has 12 heavy (non-hydrogen) atoms. The zero-order valence-corrected chi connectivity index (χ0v) is 7.59. The van der Waals surface area contributed by atoms with E-state index in [4.69, 9.17) is 0 Å². The third-order valence-electron chi connectivity index (χ3n) is 1.82. The van der Waals surface area contributed by atoms with E-state index in [1.54, 1.807) is 12.1 Å². The van der Waals surface area contributed by atoms with E-state index in [1.807, 2.05) is 19.9 Å². The maximum atomic E-state index is 9.22. The average molecular weight is 162 g/mol. The van der Waals surface area contributed by atoms with E-state index in [0.29, 0.717) is 5.75 Å². The van der Waals surface area contributed by atoms with Crippen LogP contribution >= 0.6 is 0 Å². The van der Waals surface area contributed by atoms with Crippen molar-refractivity contribution in [2.75, 3.05) is 0 Å². The predicted molar refractivity (Wildman–Crippen MR) is 51.4 cm³/mol. The van der Waals surface area contributed by atoms with Crippen molar-refractivity contribution >= 4 is 0 Å². The normalized spacial score (nSPS) is 9.83. The molecule has 0 heterocycles. The molecule has 0 saturated heterocycles. The summed E-state index contributed by atoms with van der Waals surface area (Å²) >= 11 is 0. The van der Waals surface area contributed by atoms with Gasteiger partial charge in [0.25, 0.3) is 0 Å². The summed E-state index contributed by atoms with van der Waals surface area (Å²) in [7, 11) is 0. The van der Waals surface area contributed by atoms with Crippen molar-refractivity contribution in [2.24, 2.45) is 0 Å². The summed E-state index contributed by atoms with van der Waals surface area (Å²) in [6.07, 6.45) is 0.847. The zero-order chi connectivity index (χ0) is 9.14. The zero-order valence-electron chi connectivity index (χ0n) is 7.59. The van der Waals surface area contributed by atoms with E-state index >= 15 is 0 Å². The topological polar surface area (TPSA) is 20.2 Å². The first-order valence-corrected chi connectivity index (χ1v) is 4.02. The largest absolute Gasteiger partial charge is 0.508 e. The van der Waals surface area contributed by atoms with Crippen LogP contribution in [-0.2, 0) is 6.42 Å². The van der Waals surface area contributed by atoms with Crippen molar-refractivity contribution in [3.05, 3.63) is 41.5 Å². The van der Waals surface area contributed by atoms with Gasteiger partial charge < -0.3 is 5.11 Å². The van der Waals surface area contributed by atoms with Gasteiger partial charge in [-0.15, -0.1) is 0 Å². The van der Waals surface area contributed by atoms with Crippen LogP contribution in [0.4, 0.5) is 0 Å². The number of rotatable bonds is 2. The number of phenolic OH excluding ortho intramolecular Hbond substituents is 1. The minimum absolute atomic E-state index is 0.330. The molecule has 1 heteroatoms. The Morgan fingerprint density at radius 3 is 2.75 bits per heavy atom. The minimum Gasteiger partial charge on any atom is -0.508 e. The lowest BCUT2D eigenvalue weighted by Crippen LogP contribution is -1.89. The van der Waals surface area contributed by atoms with Crippen molar-refractivity contribution in [3.8, 4) is 5.75 Å². The molecular formula is C11H14O. The summed E-state index contributed by atoms with van der Waals surface area (Å²) in [5.41, 5.74) is 3.47. The Bertz CT molecular complexity index is 300. The number of phenols is 1. The van der Waals surface area contributed by atoms with E-state index < -0.39 is 0 Å². The molecule has 1 N–H and O–H groups in total. The van der Waals surface area contributed by atoms with Gasteiger partial charge in [-0.3, -0.25) is 0 Å².